The van der Waals surface area contributed by atoms with Crippen LogP contribution in [0.2, 0.25) is 0 Å². The van der Waals surface area contributed by atoms with Gasteiger partial charge in [0.25, 0.3) is 0 Å². The van der Waals surface area contributed by atoms with E-state index in [-0.39, 0.29) is 0 Å². The Hall–Kier alpha value is -1.27. The highest BCUT2D eigenvalue weighted by Gasteiger charge is 1.94. The molecule has 0 aliphatic carbocycles. The molecule has 0 bridgehead atoms. The summed E-state index contributed by atoms with van der Waals surface area (Å²) >= 11 is 0. The Bertz CT molecular complexity index is 407. The van der Waals surface area contributed by atoms with Crippen LogP contribution in [0.15, 0.2) is 18.2 Å². The van der Waals surface area contributed by atoms with E-state index >= 15 is 0 Å². The third-order valence-electron chi connectivity index (χ3n) is 1.55. The molecule has 0 aromatic heterocycles. The molecule has 1 aromatic carbocycles. The van der Waals surface area contributed by atoms with Crippen LogP contribution in [0.5, 0.6) is 0 Å². The third-order valence-corrected chi connectivity index (χ3v) is 1.55. The fourth-order valence-electron chi connectivity index (χ4n) is 0.932. The van der Waals surface area contributed by atoms with Crippen molar-refractivity contribution in [3.8, 4) is 0 Å². The number of sulfonamides is 1. The number of rotatable bonds is 1. The number of aryl methyl sites for hydroxylation is 1. The zero-order valence-electron chi connectivity index (χ0n) is 8.90. The second-order valence-corrected chi connectivity index (χ2v) is 4.80. The van der Waals surface area contributed by atoms with Gasteiger partial charge in [0, 0.05) is 11.4 Å². The van der Waals surface area contributed by atoms with E-state index in [0.29, 0.717) is 0 Å². The standard InChI is InChI=1S/C8H12N2.CH5NO2S/c1-2-6-5-7(9)3-4-8(6)10;1-5(2,3)4/h3-5H,2,9-10H2,1H3;1H3,(H2,2,3,4). The van der Waals surface area contributed by atoms with Gasteiger partial charge in [0.1, 0.15) is 0 Å². The van der Waals surface area contributed by atoms with Crippen LogP contribution in [-0.4, -0.2) is 14.7 Å². The predicted molar refractivity (Wildman–Crippen MR) is 63.7 cm³/mol. The molecule has 6 N–H and O–H groups in total. The van der Waals surface area contributed by atoms with Gasteiger partial charge in [0.05, 0.1) is 6.26 Å². The summed E-state index contributed by atoms with van der Waals surface area (Å²) in [6.45, 7) is 2.06. The van der Waals surface area contributed by atoms with E-state index in [4.69, 9.17) is 11.5 Å². The van der Waals surface area contributed by atoms with Gasteiger partial charge in [-0.25, -0.2) is 13.6 Å². The second-order valence-electron chi connectivity index (χ2n) is 3.14. The second kappa shape index (κ2) is 5.57. The van der Waals surface area contributed by atoms with Gasteiger partial charge in [-0.15, -0.1) is 0 Å². The lowest BCUT2D eigenvalue weighted by Gasteiger charge is -2.02. The maximum atomic E-state index is 9.41. The molecule has 1 aromatic rings. The van der Waals surface area contributed by atoms with Gasteiger partial charge in [-0.2, -0.15) is 0 Å². The van der Waals surface area contributed by atoms with Crippen molar-refractivity contribution < 1.29 is 8.42 Å². The topological polar surface area (TPSA) is 112 Å². The van der Waals surface area contributed by atoms with Crippen LogP contribution in [0.1, 0.15) is 12.5 Å². The Balaban J connectivity index is 0.000000336. The van der Waals surface area contributed by atoms with Crippen molar-refractivity contribution in [3.63, 3.8) is 0 Å². The highest BCUT2D eigenvalue weighted by Crippen LogP contribution is 2.15. The third kappa shape index (κ3) is 7.77. The van der Waals surface area contributed by atoms with Crippen molar-refractivity contribution in [2.45, 2.75) is 13.3 Å². The van der Waals surface area contributed by atoms with Crippen molar-refractivity contribution in [3.05, 3.63) is 23.8 Å². The first-order chi connectivity index (χ1) is 6.74. The lowest BCUT2D eigenvalue weighted by Crippen LogP contribution is -2.07. The Morgan fingerprint density at radius 3 is 2.07 bits per heavy atom. The van der Waals surface area contributed by atoms with Crippen LogP contribution in [0.4, 0.5) is 11.4 Å². The Morgan fingerprint density at radius 2 is 1.73 bits per heavy atom. The minimum absolute atomic E-state index is 0.783. The minimum atomic E-state index is -3.17. The van der Waals surface area contributed by atoms with Crippen LogP contribution in [0.25, 0.3) is 0 Å². The molecule has 0 unspecified atom stereocenters. The Morgan fingerprint density at radius 1 is 1.27 bits per heavy atom. The largest absolute Gasteiger partial charge is 0.399 e. The van der Waals surface area contributed by atoms with E-state index < -0.39 is 10.0 Å². The lowest BCUT2D eigenvalue weighted by atomic mass is 10.1. The van der Waals surface area contributed by atoms with E-state index in [1.54, 1.807) is 0 Å². The number of benzene rings is 1. The summed E-state index contributed by atoms with van der Waals surface area (Å²) in [5, 5.41) is 4.33. The summed E-state index contributed by atoms with van der Waals surface area (Å²) in [4.78, 5) is 0. The van der Waals surface area contributed by atoms with Crippen molar-refractivity contribution >= 4 is 21.4 Å². The Labute approximate surface area is 90.3 Å². The number of anilines is 2. The number of primary sulfonamides is 1. The first kappa shape index (κ1) is 13.7. The maximum absolute atomic E-state index is 9.41. The van der Waals surface area contributed by atoms with Crippen LogP contribution in [0, 0.1) is 0 Å². The summed E-state index contributed by atoms with van der Waals surface area (Å²) in [5.74, 6) is 0. The normalized spacial score (nSPS) is 10.3. The van der Waals surface area contributed by atoms with E-state index in [9.17, 15) is 8.42 Å². The van der Waals surface area contributed by atoms with Crippen molar-refractivity contribution in [2.75, 3.05) is 17.7 Å². The first-order valence-corrected chi connectivity index (χ1v) is 6.31. The van der Waals surface area contributed by atoms with E-state index in [0.717, 1.165) is 29.6 Å². The quantitative estimate of drug-likeness (QED) is 0.604. The molecule has 0 radical (unpaired) electrons. The van der Waals surface area contributed by atoms with Crippen molar-refractivity contribution in [1.82, 2.24) is 0 Å². The van der Waals surface area contributed by atoms with Gasteiger partial charge in [0.15, 0.2) is 0 Å². The van der Waals surface area contributed by atoms with Crippen LogP contribution in [0.3, 0.4) is 0 Å². The number of nitrogen functional groups attached to an aromatic ring is 2. The smallest absolute Gasteiger partial charge is 0.206 e. The Kier molecular flexibility index (Phi) is 5.10. The number of hydrogen-bond acceptors (Lipinski definition) is 4. The lowest BCUT2D eigenvalue weighted by molar-refractivity contribution is 0.603. The molecule has 0 amide bonds. The summed E-state index contributed by atoms with van der Waals surface area (Å²) in [6, 6.07) is 5.57. The minimum Gasteiger partial charge on any atom is -0.399 e. The predicted octanol–water partition coefficient (Wildman–Crippen LogP) is 0.318. The van der Waals surface area contributed by atoms with Gasteiger partial charge in [-0.1, -0.05) is 6.92 Å². The molecule has 6 heteroatoms. The molecule has 1 rings (SSSR count). The van der Waals surface area contributed by atoms with Gasteiger partial charge < -0.3 is 11.5 Å². The molecule has 0 aliphatic heterocycles. The molecule has 0 saturated heterocycles. The zero-order valence-corrected chi connectivity index (χ0v) is 9.71. The van der Waals surface area contributed by atoms with Gasteiger partial charge in [-0.05, 0) is 30.2 Å². The van der Waals surface area contributed by atoms with Crippen LogP contribution in [-0.2, 0) is 16.4 Å². The highest BCUT2D eigenvalue weighted by atomic mass is 32.2. The molecule has 0 spiro atoms. The molecule has 0 atom stereocenters. The molecular weight excluding hydrogens is 214 g/mol. The van der Waals surface area contributed by atoms with Crippen molar-refractivity contribution in [1.29, 1.82) is 0 Å². The highest BCUT2D eigenvalue weighted by molar-refractivity contribution is 7.88. The fourth-order valence-corrected chi connectivity index (χ4v) is 0.932. The van der Waals surface area contributed by atoms with E-state index in [1.807, 2.05) is 18.2 Å². The van der Waals surface area contributed by atoms with E-state index in [2.05, 4.69) is 12.1 Å². The SMILES string of the molecule is CCc1cc(N)ccc1N.CS(N)(=O)=O. The molecule has 0 aliphatic rings. The summed E-state index contributed by atoms with van der Waals surface area (Å²) < 4.78 is 18.8. The van der Waals surface area contributed by atoms with Crippen LogP contribution < -0.4 is 16.6 Å². The molecule has 0 fully saturated rings. The fraction of sp³-hybridized carbons (Fsp3) is 0.333. The van der Waals surface area contributed by atoms with E-state index in [1.165, 1.54) is 0 Å². The number of hydrogen-bond donors (Lipinski definition) is 3. The average molecular weight is 231 g/mol. The number of nitrogens with two attached hydrogens (primary N) is 3. The van der Waals surface area contributed by atoms with Gasteiger partial charge in [0.2, 0.25) is 10.0 Å². The molecule has 0 heterocycles. The molecule has 5 nitrogen and oxygen atoms in total. The molecule has 15 heavy (non-hydrogen) atoms. The monoisotopic (exact) mass is 231 g/mol. The van der Waals surface area contributed by atoms with Gasteiger partial charge >= 0.3 is 0 Å². The van der Waals surface area contributed by atoms with Gasteiger partial charge in [-0.3, -0.25) is 0 Å². The summed E-state index contributed by atoms with van der Waals surface area (Å²) in [5.41, 5.74) is 13.9. The zero-order chi connectivity index (χ0) is 12.1. The average Bonchev–Trinajstić information content (AvgIpc) is 2.06. The first-order valence-electron chi connectivity index (χ1n) is 4.35. The molecular formula is C9H17N3O2S. The van der Waals surface area contributed by atoms with Crippen LogP contribution >= 0.6 is 0 Å². The summed E-state index contributed by atoms with van der Waals surface area (Å²) in [6.07, 6.45) is 1.88. The van der Waals surface area contributed by atoms with Crippen molar-refractivity contribution in [2.24, 2.45) is 5.14 Å². The summed E-state index contributed by atoms with van der Waals surface area (Å²) in [7, 11) is -3.17. The molecule has 86 valence electrons. The molecule has 0 saturated carbocycles. The maximum Gasteiger partial charge on any atom is 0.206 e.